The third-order valence-corrected chi connectivity index (χ3v) is 8.60. The monoisotopic (exact) mass is 458 g/mol. The molecule has 12 heteroatoms. The molecule has 1 aromatic carbocycles. The van der Waals surface area contributed by atoms with E-state index in [4.69, 9.17) is 9.88 Å². The molecule has 1 aliphatic heterocycles. The average Bonchev–Trinajstić information content (AvgIpc) is 3.37. The smallest absolute Gasteiger partial charge is 0.339 e. The van der Waals surface area contributed by atoms with Gasteiger partial charge in [0.2, 0.25) is 20.0 Å². The SMILES string of the molecule is NS(=O)(=O)c1cc(C(=O)OCC(=O)c2ccc(S(=O)(=O)N3CCCC3)cc2)cs1. The zero-order chi connectivity index (χ0) is 21.2. The van der Waals surface area contributed by atoms with Gasteiger partial charge in [0.25, 0.3) is 0 Å². The molecule has 1 aliphatic rings. The van der Waals surface area contributed by atoms with Crippen LogP contribution in [0, 0.1) is 0 Å². The Labute approximate surface area is 172 Å². The van der Waals surface area contributed by atoms with Crippen molar-refractivity contribution in [1.29, 1.82) is 0 Å². The Morgan fingerprint density at radius 3 is 2.21 bits per heavy atom. The van der Waals surface area contributed by atoms with E-state index in [1.165, 1.54) is 34.0 Å². The number of ketones is 1. The van der Waals surface area contributed by atoms with E-state index >= 15 is 0 Å². The highest BCUT2D eigenvalue weighted by Gasteiger charge is 2.27. The van der Waals surface area contributed by atoms with Gasteiger partial charge in [-0.2, -0.15) is 4.31 Å². The second-order valence-corrected chi connectivity index (χ2v) is 11.0. The van der Waals surface area contributed by atoms with Crippen molar-refractivity contribution < 1.29 is 31.2 Å². The Hall–Kier alpha value is -2.12. The van der Waals surface area contributed by atoms with Gasteiger partial charge in [-0.3, -0.25) is 4.79 Å². The molecule has 0 unspecified atom stereocenters. The van der Waals surface area contributed by atoms with Crippen LogP contribution in [0.15, 0.2) is 44.8 Å². The molecule has 1 fully saturated rings. The first-order chi connectivity index (χ1) is 13.6. The Kier molecular flexibility index (Phi) is 6.19. The number of thiophene rings is 1. The number of esters is 1. The van der Waals surface area contributed by atoms with E-state index in [0.717, 1.165) is 30.2 Å². The fourth-order valence-electron chi connectivity index (χ4n) is 2.76. The van der Waals surface area contributed by atoms with E-state index in [0.29, 0.717) is 13.1 Å². The summed E-state index contributed by atoms with van der Waals surface area (Å²) in [5, 5.41) is 6.25. The van der Waals surface area contributed by atoms with Gasteiger partial charge in [-0.1, -0.05) is 0 Å². The number of nitrogens with two attached hydrogens (primary N) is 1. The standard InChI is InChI=1S/C17H18N2O7S3/c18-28(22,23)16-9-13(11-27-16)17(21)26-10-15(20)12-3-5-14(6-4-12)29(24,25)19-7-1-2-8-19/h3-6,9,11H,1-2,7-8,10H2,(H2,18,22,23). The number of ether oxygens (including phenoxy) is 1. The molecule has 1 saturated heterocycles. The summed E-state index contributed by atoms with van der Waals surface area (Å²) in [6.45, 7) is 0.390. The van der Waals surface area contributed by atoms with Crippen LogP contribution in [0.25, 0.3) is 0 Å². The van der Waals surface area contributed by atoms with Crippen molar-refractivity contribution in [3.05, 3.63) is 46.8 Å². The Morgan fingerprint density at radius 1 is 1.03 bits per heavy atom. The van der Waals surface area contributed by atoms with Crippen LogP contribution in [0.1, 0.15) is 33.6 Å². The predicted molar refractivity (Wildman–Crippen MR) is 105 cm³/mol. The maximum atomic E-state index is 12.5. The molecule has 2 N–H and O–H groups in total. The third kappa shape index (κ3) is 4.90. The zero-order valence-electron chi connectivity index (χ0n) is 15.1. The Morgan fingerprint density at radius 2 is 1.66 bits per heavy atom. The zero-order valence-corrected chi connectivity index (χ0v) is 17.6. The van der Waals surface area contributed by atoms with Gasteiger partial charge in [0.1, 0.15) is 4.21 Å². The summed E-state index contributed by atoms with van der Waals surface area (Å²) in [4.78, 5) is 24.3. The summed E-state index contributed by atoms with van der Waals surface area (Å²) in [6, 6.07) is 6.50. The largest absolute Gasteiger partial charge is 0.454 e. The first-order valence-corrected chi connectivity index (χ1v) is 12.4. The van der Waals surface area contributed by atoms with Gasteiger partial charge in [-0.05, 0) is 43.2 Å². The summed E-state index contributed by atoms with van der Waals surface area (Å²) >= 11 is 0.770. The Bertz CT molecular complexity index is 1130. The molecule has 156 valence electrons. The molecular formula is C17H18N2O7S3. The van der Waals surface area contributed by atoms with Crippen LogP contribution in [-0.4, -0.2) is 52.6 Å². The first-order valence-electron chi connectivity index (χ1n) is 8.51. The van der Waals surface area contributed by atoms with Gasteiger partial charge in [0.15, 0.2) is 12.4 Å². The number of nitrogens with zero attached hydrogens (tertiary/aromatic N) is 1. The van der Waals surface area contributed by atoms with Gasteiger partial charge in [-0.15, -0.1) is 11.3 Å². The molecule has 3 rings (SSSR count). The van der Waals surface area contributed by atoms with Crippen molar-refractivity contribution in [1.82, 2.24) is 4.31 Å². The maximum Gasteiger partial charge on any atom is 0.339 e. The first kappa shape index (κ1) is 21.6. The normalized spacial score (nSPS) is 15.3. The molecule has 2 heterocycles. The van der Waals surface area contributed by atoms with Crippen molar-refractivity contribution in [2.45, 2.75) is 21.9 Å². The minimum absolute atomic E-state index is 0.0288. The van der Waals surface area contributed by atoms with Gasteiger partial charge < -0.3 is 4.74 Å². The highest BCUT2D eigenvalue weighted by molar-refractivity contribution is 7.91. The van der Waals surface area contributed by atoms with Crippen molar-refractivity contribution in [2.75, 3.05) is 19.7 Å². The van der Waals surface area contributed by atoms with Gasteiger partial charge in [-0.25, -0.2) is 26.8 Å². The molecule has 0 bridgehead atoms. The van der Waals surface area contributed by atoms with Crippen molar-refractivity contribution in [3.8, 4) is 0 Å². The molecule has 2 aromatic rings. The number of sulfonamides is 2. The summed E-state index contributed by atoms with van der Waals surface area (Å²) in [5.74, 6) is -1.39. The average molecular weight is 459 g/mol. The lowest BCUT2D eigenvalue weighted by Crippen LogP contribution is -2.27. The number of carbonyl (C=O) groups excluding carboxylic acids is 2. The lowest BCUT2D eigenvalue weighted by Gasteiger charge is -2.15. The number of Topliss-reactive ketones (excluding diaryl/α,β-unsaturated/α-hetero) is 1. The molecule has 9 nitrogen and oxygen atoms in total. The predicted octanol–water partition coefficient (Wildman–Crippen LogP) is 1.22. The minimum Gasteiger partial charge on any atom is -0.454 e. The molecule has 1 aromatic heterocycles. The van der Waals surface area contributed by atoms with Crippen LogP contribution < -0.4 is 5.14 Å². The number of carbonyl (C=O) groups is 2. The van der Waals surface area contributed by atoms with Crippen LogP contribution in [0.5, 0.6) is 0 Å². The fourth-order valence-corrected chi connectivity index (χ4v) is 5.85. The molecule has 0 amide bonds. The Balaban J connectivity index is 1.62. The van der Waals surface area contributed by atoms with Crippen LogP contribution in [0.3, 0.4) is 0 Å². The van der Waals surface area contributed by atoms with Gasteiger partial charge >= 0.3 is 5.97 Å². The van der Waals surface area contributed by atoms with Crippen LogP contribution in [0.2, 0.25) is 0 Å². The van der Waals surface area contributed by atoms with Crippen LogP contribution in [0.4, 0.5) is 0 Å². The molecule has 0 radical (unpaired) electrons. The maximum absolute atomic E-state index is 12.5. The van der Waals surface area contributed by atoms with E-state index in [1.54, 1.807) is 0 Å². The highest BCUT2D eigenvalue weighted by atomic mass is 32.2. The summed E-state index contributed by atoms with van der Waals surface area (Å²) in [5.41, 5.74) is 0.160. The second kappa shape index (κ2) is 8.32. The third-order valence-electron chi connectivity index (χ3n) is 4.30. The van der Waals surface area contributed by atoms with E-state index in [-0.39, 0.29) is 20.2 Å². The minimum atomic E-state index is -3.92. The number of rotatable bonds is 7. The van der Waals surface area contributed by atoms with E-state index in [2.05, 4.69) is 0 Å². The summed E-state index contributed by atoms with van der Waals surface area (Å²) in [7, 11) is -7.50. The lowest BCUT2D eigenvalue weighted by atomic mass is 10.1. The summed E-state index contributed by atoms with van der Waals surface area (Å²) < 4.78 is 53.6. The summed E-state index contributed by atoms with van der Waals surface area (Å²) in [6.07, 6.45) is 1.65. The van der Waals surface area contributed by atoms with E-state index in [9.17, 15) is 26.4 Å². The molecule has 0 atom stereocenters. The van der Waals surface area contributed by atoms with E-state index in [1.807, 2.05) is 0 Å². The number of primary sulfonamides is 1. The second-order valence-electron chi connectivity index (χ2n) is 6.33. The number of benzene rings is 1. The van der Waals surface area contributed by atoms with Gasteiger partial charge in [0.05, 0.1) is 10.5 Å². The van der Waals surface area contributed by atoms with Crippen LogP contribution >= 0.6 is 11.3 Å². The molecule has 29 heavy (non-hydrogen) atoms. The number of hydrogen-bond donors (Lipinski definition) is 1. The van der Waals surface area contributed by atoms with Gasteiger partial charge in [0, 0.05) is 24.0 Å². The van der Waals surface area contributed by atoms with E-state index < -0.39 is 38.4 Å². The van der Waals surface area contributed by atoms with Crippen molar-refractivity contribution in [3.63, 3.8) is 0 Å². The lowest BCUT2D eigenvalue weighted by molar-refractivity contribution is 0.0475. The molecule has 0 spiro atoms. The number of hydrogen-bond acceptors (Lipinski definition) is 8. The van der Waals surface area contributed by atoms with Crippen LogP contribution in [-0.2, 0) is 24.8 Å². The molecule has 0 aliphatic carbocycles. The topological polar surface area (TPSA) is 141 Å². The fraction of sp³-hybridized carbons (Fsp3) is 0.294. The molecular weight excluding hydrogens is 440 g/mol. The quantitative estimate of drug-likeness (QED) is 0.486. The highest BCUT2D eigenvalue weighted by Crippen LogP contribution is 2.22. The molecule has 0 saturated carbocycles. The van der Waals surface area contributed by atoms with Crippen molar-refractivity contribution in [2.24, 2.45) is 5.14 Å². The van der Waals surface area contributed by atoms with Crippen molar-refractivity contribution >= 4 is 43.1 Å².